The summed E-state index contributed by atoms with van der Waals surface area (Å²) in [6, 6.07) is 14.4. The number of thioether (sulfide) groups is 1. The van der Waals surface area contributed by atoms with E-state index in [4.69, 9.17) is 4.74 Å². The second-order valence-corrected chi connectivity index (χ2v) is 9.78. The molecule has 9 heteroatoms. The first-order valence-electron chi connectivity index (χ1n) is 11.2. The molecule has 0 spiro atoms. The molecule has 1 heterocycles. The van der Waals surface area contributed by atoms with E-state index in [2.05, 4.69) is 17.4 Å². The van der Waals surface area contributed by atoms with Crippen molar-refractivity contribution >= 4 is 29.7 Å². The molecule has 34 heavy (non-hydrogen) atoms. The number of nitrogens with one attached hydrogen (secondary N) is 1. The van der Waals surface area contributed by atoms with Crippen LogP contribution in [0, 0.1) is 0 Å². The molecule has 0 aromatic heterocycles. The van der Waals surface area contributed by atoms with Crippen LogP contribution in [-0.4, -0.2) is 83.8 Å². The van der Waals surface area contributed by atoms with Gasteiger partial charge in [-0.15, -0.1) is 11.8 Å². The standard InChI is InChI=1S/C25H29N3O5S/c1-27(2)12-11-21(23(29)28-15-34-14-22(28)24(30)31)26-25(32)33-13-20-18-9-5-3-7-16(18)17-8-4-6-10-19(17)20/h3-10,20-22H,11-15H2,1-2H3,(H,26,32)(H,30,31)/t21?,22-/m0/s1. The maximum absolute atomic E-state index is 13.2. The Morgan fingerprint density at radius 2 is 1.74 bits per heavy atom. The Morgan fingerprint density at radius 1 is 1.12 bits per heavy atom. The monoisotopic (exact) mass is 483 g/mol. The molecule has 0 bridgehead atoms. The van der Waals surface area contributed by atoms with Crippen LogP contribution < -0.4 is 5.32 Å². The normalized spacial score (nSPS) is 17.9. The van der Waals surface area contributed by atoms with Crippen molar-refractivity contribution in [3.8, 4) is 11.1 Å². The number of carbonyl (C=O) groups is 3. The Bertz CT molecular complexity index is 1030. The van der Waals surface area contributed by atoms with Crippen LogP contribution in [0.2, 0.25) is 0 Å². The van der Waals surface area contributed by atoms with Gasteiger partial charge < -0.3 is 25.0 Å². The lowest BCUT2D eigenvalue weighted by Gasteiger charge is -2.27. The molecule has 8 nitrogen and oxygen atoms in total. The first-order valence-corrected chi connectivity index (χ1v) is 12.4. The van der Waals surface area contributed by atoms with Crippen LogP contribution in [0.5, 0.6) is 0 Å². The molecule has 1 aliphatic carbocycles. The zero-order valence-corrected chi connectivity index (χ0v) is 20.1. The van der Waals surface area contributed by atoms with Gasteiger partial charge in [0.1, 0.15) is 18.7 Å². The van der Waals surface area contributed by atoms with Crippen LogP contribution >= 0.6 is 11.8 Å². The highest BCUT2D eigenvalue weighted by Gasteiger charge is 2.38. The SMILES string of the molecule is CN(C)CCC(NC(=O)OCC1c2ccccc2-c2ccccc21)C(=O)N1CSC[C@H]1C(=O)O. The molecular formula is C25H29N3O5S. The minimum Gasteiger partial charge on any atom is -0.480 e. The highest BCUT2D eigenvalue weighted by Crippen LogP contribution is 2.44. The van der Waals surface area contributed by atoms with Gasteiger partial charge in [0.2, 0.25) is 5.91 Å². The fourth-order valence-electron chi connectivity index (χ4n) is 4.49. The van der Waals surface area contributed by atoms with Crippen molar-refractivity contribution in [3.05, 3.63) is 59.7 Å². The summed E-state index contributed by atoms with van der Waals surface area (Å²) < 4.78 is 5.61. The summed E-state index contributed by atoms with van der Waals surface area (Å²) in [5, 5.41) is 12.2. The first-order chi connectivity index (χ1) is 16.4. The lowest BCUT2D eigenvalue weighted by atomic mass is 9.98. The van der Waals surface area contributed by atoms with Crippen molar-refractivity contribution in [2.24, 2.45) is 0 Å². The smallest absolute Gasteiger partial charge is 0.407 e. The molecular weight excluding hydrogens is 454 g/mol. The van der Waals surface area contributed by atoms with E-state index in [1.165, 1.54) is 16.7 Å². The summed E-state index contributed by atoms with van der Waals surface area (Å²) in [4.78, 5) is 40.7. The van der Waals surface area contributed by atoms with E-state index in [-0.39, 0.29) is 12.5 Å². The zero-order chi connectivity index (χ0) is 24.2. The number of nitrogens with zero attached hydrogens (tertiary/aromatic N) is 2. The van der Waals surface area contributed by atoms with Crippen molar-refractivity contribution in [1.82, 2.24) is 15.1 Å². The Kier molecular flexibility index (Phi) is 7.43. The Labute approximate surface area is 203 Å². The van der Waals surface area contributed by atoms with Gasteiger partial charge in [-0.05, 0) is 49.3 Å². The van der Waals surface area contributed by atoms with Crippen LogP contribution in [-0.2, 0) is 14.3 Å². The average Bonchev–Trinajstić information content (AvgIpc) is 3.43. The minimum atomic E-state index is -1.04. The van der Waals surface area contributed by atoms with Gasteiger partial charge in [0.15, 0.2) is 0 Å². The quantitative estimate of drug-likeness (QED) is 0.596. The van der Waals surface area contributed by atoms with Crippen LogP contribution in [0.15, 0.2) is 48.5 Å². The van der Waals surface area contributed by atoms with E-state index in [1.54, 1.807) is 0 Å². The van der Waals surface area contributed by atoms with Gasteiger partial charge in [0.25, 0.3) is 0 Å². The van der Waals surface area contributed by atoms with Crippen LogP contribution in [0.25, 0.3) is 11.1 Å². The third-order valence-electron chi connectivity index (χ3n) is 6.25. The van der Waals surface area contributed by atoms with Crippen molar-refractivity contribution in [2.45, 2.75) is 24.4 Å². The summed E-state index contributed by atoms with van der Waals surface area (Å²) in [5.74, 6) is -0.883. The fraction of sp³-hybridized carbons (Fsp3) is 0.400. The van der Waals surface area contributed by atoms with Gasteiger partial charge in [0, 0.05) is 11.7 Å². The number of amides is 2. The summed E-state index contributed by atoms with van der Waals surface area (Å²) in [7, 11) is 3.75. The molecule has 1 unspecified atom stereocenters. The molecule has 0 radical (unpaired) electrons. The number of aliphatic carboxylic acids is 1. The maximum atomic E-state index is 13.2. The molecule has 2 atom stereocenters. The van der Waals surface area contributed by atoms with Crippen molar-refractivity contribution in [1.29, 1.82) is 0 Å². The lowest BCUT2D eigenvalue weighted by Crippen LogP contribution is -2.53. The number of benzene rings is 2. The summed E-state index contributed by atoms with van der Waals surface area (Å²) in [6.45, 7) is 0.699. The van der Waals surface area contributed by atoms with Gasteiger partial charge in [-0.2, -0.15) is 0 Å². The van der Waals surface area contributed by atoms with Gasteiger partial charge >= 0.3 is 12.1 Å². The van der Waals surface area contributed by atoms with E-state index in [0.717, 1.165) is 22.3 Å². The first kappa shape index (κ1) is 24.1. The van der Waals surface area contributed by atoms with Crippen molar-refractivity contribution < 1.29 is 24.2 Å². The molecule has 0 saturated carbocycles. The lowest BCUT2D eigenvalue weighted by molar-refractivity contribution is -0.148. The zero-order valence-electron chi connectivity index (χ0n) is 19.3. The number of hydrogen-bond acceptors (Lipinski definition) is 6. The van der Waals surface area contributed by atoms with E-state index >= 15 is 0 Å². The molecule has 180 valence electrons. The number of carboxylic acid groups (broad SMARTS) is 1. The van der Waals surface area contributed by atoms with Crippen molar-refractivity contribution in [2.75, 3.05) is 38.9 Å². The molecule has 1 aliphatic heterocycles. The van der Waals surface area contributed by atoms with Gasteiger partial charge in [-0.25, -0.2) is 9.59 Å². The number of ether oxygens (including phenoxy) is 1. The van der Waals surface area contributed by atoms with E-state index in [9.17, 15) is 19.5 Å². The summed E-state index contributed by atoms with van der Waals surface area (Å²) >= 11 is 1.39. The molecule has 2 aromatic rings. The number of fused-ring (bicyclic) bond motifs is 3. The topological polar surface area (TPSA) is 99.2 Å². The largest absolute Gasteiger partial charge is 0.480 e. The molecule has 1 fully saturated rings. The molecule has 1 saturated heterocycles. The summed E-state index contributed by atoms with van der Waals surface area (Å²) in [5.41, 5.74) is 4.49. The Hall–Kier alpha value is -3.04. The Morgan fingerprint density at radius 3 is 2.32 bits per heavy atom. The Balaban J connectivity index is 1.44. The molecule has 2 N–H and O–H groups in total. The predicted molar refractivity (Wildman–Crippen MR) is 131 cm³/mol. The number of carbonyl (C=O) groups excluding carboxylic acids is 2. The average molecular weight is 484 g/mol. The molecule has 4 rings (SSSR count). The second-order valence-electron chi connectivity index (χ2n) is 8.78. The number of alkyl carbamates (subject to hydrolysis) is 1. The van der Waals surface area contributed by atoms with Gasteiger partial charge in [-0.3, -0.25) is 4.79 Å². The summed E-state index contributed by atoms with van der Waals surface area (Å²) in [6.07, 6.45) is -0.332. The highest BCUT2D eigenvalue weighted by atomic mass is 32.2. The molecule has 2 aliphatic rings. The highest BCUT2D eigenvalue weighted by molar-refractivity contribution is 7.99. The number of rotatable bonds is 8. The predicted octanol–water partition coefficient (Wildman–Crippen LogP) is 2.83. The second kappa shape index (κ2) is 10.5. The third-order valence-corrected chi connectivity index (χ3v) is 7.26. The molecule has 2 amide bonds. The fourth-order valence-corrected chi connectivity index (χ4v) is 5.65. The van der Waals surface area contributed by atoms with E-state index in [1.807, 2.05) is 55.4 Å². The van der Waals surface area contributed by atoms with Crippen LogP contribution in [0.4, 0.5) is 4.79 Å². The van der Waals surface area contributed by atoms with Gasteiger partial charge in [-0.1, -0.05) is 48.5 Å². The van der Waals surface area contributed by atoms with E-state index < -0.39 is 30.1 Å². The van der Waals surface area contributed by atoms with Crippen LogP contribution in [0.1, 0.15) is 23.5 Å². The van der Waals surface area contributed by atoms with Crippen molar-refractivity contribution in [3.63, 3.8) is 0 Å². The third kappa shape index (κ3) is 5.05. The van der Waals surface area contributed by atoms with Gasteiger partial charge in [0.05, 0.1) is 5.88 Å². The number of carboxylic acids is 1. The maximum Gasteiger partial charge on any atom is 0.407 e. The van der Waals surface area contributed by atoms with E-state index in [0.29, 0.717) is 24.6 Å². The minimum absolute atomic E-state index is 0.0829. The van der Waals surface area contributed by atoms with Crippen LogP contribution in [0.3, 0.4) is 0 Å². The molecule has 2 aromatic carbocycles. The number of hydrogen-bond donors (Lipinski definition) is 2.